The molecule has 8 heavy (non-hydrogen) atoms. The molecule has 0 saturated heterocycles. The Kier molecular flexibility index (Phi) is 4.51. The summed E-state index contributed by atoms with van der Waals surface area (Å²) in [6.45, 7) is 2.37. The Morgan fingerprint density at radius 1 is 1.88 bits per heavy atom. The zero-order valence-electron chi connectivity index (χ0n) is 4.76. The van der Waals surface area contributed by atoms with Crippen molar-refractivity contribution in [3.8, 4) is 0 Å². The van der Waals surface area contributed by atoms with Crippen molar-refractivity contribution in [2.75, 3.05) is 6.54 Å². The van der Waals surface area contributed by atoms with Crippen LogP contribution < -0.4 is 5.73 Å². The van der Waals surface area contributed by atoms with Crippen LogP contribution in [-0.2, 0) is 10.0 Å². The summed E-state index contributed by atoms with van der Waals surface area (Å²) in [5, 5.41) is 0.0293. The largest absolute Gasteiger partial charge is 0.330 e. The average Bonchev–Trinajstić information content (AvgIpc) is 1.67. The fourth-order valence-electron chi connectivity index (χ4n) is 0.327. The van der Waals surface area contributed by atoms with Gasteiger partial charge in [-0.3, -0.25) is 0 Å². The van der Waals surface area contributed by atoms with Crippen molar-refractivity contribution in [1.29, 1.82) is 0 Å². The van der Waals surface area contributed by atoms with Gasteiger partial charge < -0.3 is 5.73 Å². The quantitative estimate of drug-likeness (QED) is 0.608. The average molecular weight is 156 g/mol. The zero-order valence-corrected chi connectivity index (χ0v) is 6.34. The van der Waals surface area contributed by atoms with Crippen LogP contribution in [0.3, 0.4) is 0 Å². The first-order valence-corrected chi connectivity index (χ1v) is 4.49. The predicted molar refractivity (Wildman–Crippen MR) is 37.1 cm³/mol. The van der Waals surface area contributed by atoms with Crippen molar-refractivity contribution in [3.63, 3.8) is 0 Å². The Hall–Kier alpha value is 0.400. The second kappa shape index (κ2) is 4.30. The molecule has 0 bridgehead atoms. The monoisotopic (exact) mass is 155 g/mol. The van der Waals surface area contributed by atoms with E-state index >= 15 is 0 Å². The Balaban J connectivity index is 3.32. The molecular weight excluding hydrogens is 146 g/mol. The lowest BCUT2D eigenvalue weighted by Gasteiger charge is -2.00. The fraction of sp³-hybridized carbons (Fsp3) is 1.00. The molecule has 2 atom stereocenters. The van der Waals surface area contributed by atoms with Crippen LogP contribution in [0, 0.1) is 0 Å². The van der Waals surface area contributed by atoms with Crippen molar-refractivity contribution in [2.45, 2.75) is 18.6 Å². The van der Waals surface area contributed by atoms with E-state index in [4.69, 9.17) is 16.4 Å². The molecule has 0 amide bonds. The molecule has 2 unspecified atom stereocenters. The predicted octanol–water partition coefficient (Wildman–Crippen LogP) is 0.626. The maximum atomic E-state index is 10.4. The molecule has 0 heterocycles. The summed E-state index contributed by atoms with van der Waals surface area (Å²) in [6.07, 6.45) is 0.732. The van der Waals surface area contributed by atoms with Gasteiger partial charge in [-0.2, -0.15) is 0 Å². The molecule has 4 heteroatoms. The van der Waals surface area contributed by atoms with Gasteiger partial charge in [-0.25, -0.2) is 4.21 Å². The van der Waals surface area contributed by atoms with E-state index in [1.165, 1.54) is 0 Å². The standard InChI is InChI=1S/C4H10ClNOS/c1-4(2-3-6)8(5)7/h4H,2-3,6H2,1H3. The molecule has 0 saturated carbocycles. The first kappa shape index (κ1) is 8.40. The summed E-state index contributed by atoms with van der Waals surface area (Å²) in [5.74, 6) is 0. The summed E-state index contributed by atoms with van der Waals surface area (Å²) < 4.78 is 10.4. The van der Waals surface area contributed by atoms with Crippen molar-refractivity contribution < 1.29 is 4.21 Å². The number of hydrogen-bond acceptors (Lipinski definition) is 2. The highest BCUT2D eigenvalue weighted by molar-refractivity contribution is 8.08. The molecular formula is C4H10ClNOS. The number of rotatable bonds is 3. The van der Waals surface area contributed by atoms with Crippen LogP contribution in [-0.4, -0.2) is 16.0 Å². The second-order valence-electron chi connectivity index (χ2n) is 1.64. The van der Waals surface area contributed by atoms with Gasteiger partial charge in [-0.15, -0.1) is 0 Å². The molecule has 0 aromatic rings. The topological polar surface area (TPSA) is 43.1 Å². The van der Waals surface area contributed by atoms with Crippen LogP contribution in [0.1, 0.15) is 13.3 Å². The lowest BCUT2D eigenvalue weighted by atomic mass is 10.3. The van der Waals surface area contributed by atoms with E-state index in [2.05, 4.69) is 0 Å². The maximum absolute atomic E-state index is 10.4. The number of hydrogen-bond donors (Lipinski definition) is 1. The molecule has 0 aliphatic heterocycles. The third-order valence-electron chi connectivity index (χ3n) is 0.890. The van der Waals surface area contributed by atoms with E-state index in [1.54, 1.807) is 0 Å². The lowest BCUT2D eigenvalue weighted by molar-refractivity contribution is 0.676. The van der Waals surface area contributed by atoms with Gasteiger partial charge in [0.2, 0.25) is 0 Å². The zero-order chi connectivity index (χ0) is 6.57. The van der Waals surface area contributed by atoms with Gasteiger partial charge in [0.1, 0.15) is 10.0 Å². The SMILES string of the molecule is CC(CCN)S(=O)Cl. The molecule has 0 aromatic heterocycles. The first-order valence-electron chi connectivity index (χ1n) is 2.45. The van der Waals surface area contributed by atoms with Gasteiger partial charge in [0, 0.05) is 5.25 Å². The minimum Gasteiger partial charge on any atom is -0.330 e. The molecule has 0 fully saturated rings. The van der Waals surface area contributed by atoms with E-state index in [0.29, 0.717) is 6.54 Å². The number of nitrogens with two attached hydrogens (primary N) is 1. The second-order valence-corrected chi connectivity index (χ2v) is 3.85. The molecule has 2 N–H and O–H groups in total. The van der Waals surface area contributed by atoms with Crippen LogP contribution in [0.25, 0.3) is 0 Å². The van der Waals surface area contributed by atoms with Crippen LogP contribution in [0.15, 0.2) is 0 Å². The lowest BCUT2D eigenvalue weighted by Crippen LogP contribution is -2.12. The van der Waals surface area contributed by atoms with Gasteiger partial charge in [0.15, 0.2) is 0 Å². The molecule has 50 valence electrons. The normalized spacial score (nSPS) is 17.9. The fourth-order valence-corrected chi connectivity index (χ4v) is 0.916. The third kappa shape index (κ3) is 3.41. The van der Waals surface area contributed by atoms with Crippen LogP contribution in [0.5, 0.6) is 0 Å². The molecule has 0 aliphatic carbocycles. The third-order valence-corrected chi connectivity index (χ3v) is 2.67. The Morgan fingerprint density at radius 2 is 2.38 bits per heavy atom. The Labute approximate surface area is 56.4 Å². The van der Waals surface area contributed by atoms with Crippen LogP contribution >= 0.6 is 10.7 Å². The van der Waals surface area contributed by atoms with E-state index in [1.807, 2.05) is 6.92 Å². The van der Waals surface area contributed by atoms with Crippen molar-refractivity contribution in [3.05, 3.63) is 0 Å². The van der Waals surface area contributed by atoms with Gasteiger partial charge in [-0.05, 0) is 30.6 Å². The summed E-state index contributed by atoms with van der Waals surface area (Å²) >= 11 is 0. The van der Waals surface area contributed by atoms with E-state index < -0.39 is 10.0 Å². The highest BCUT2D eigenvalue weighted by atomic mass is 35.7. The van der Waals surface area contributed by atoms with E-state index in [0.717, 1.165) is 6.42 Å². The summed E-state index contributed by atoms with van der Waals surface area (Å²) in [7, 11) is 4.01. The van der Waals surface area contributed by atoms with E-state index in [9.17, 15) is 4.21 Å². The maximum Gasteiger partial charge on any atom is 0.117 e. The number of halogens is 1. The smallest absolute Gasteiger partial charge is 0.117 e. The van der Waals surface area contributed by atoms with Crippen molar-refractivity contribution >= 4 is 20.7 Å². The van der Waals surface area contributed by atoms with Crippen LogP contribution in [0.2, 0.25) is 0 Å². The summed E-state index contributed by atoms with van der Waals surface area (Å²) in [5.41, 5.74) is 5.17. The van der Waals surface area contributed by atoms with Crippen molar-refractivity contribution in [2.24, 2.45) is 5.73 Å². The van der Waals surface area contributed by atoms with Gasteiger partial charge in [0.25, 0.3) is 0 Å². The molecule has 2 nitrogen and oxygen atoms in total. The van der Waals surface area contributed by atoms with E-state index in [-0.39, 0.29) is 5.25 Å². The minimum atomic E-state index is -1.22. The molecule has 0 rings (SSSR count). The van der Waals surface area contributed by atoms with Crippen molar-refractivity contribution in [1.82, 2.24) is 0 Å². The summed E-state index contributed by atoms with van der Waals surface area (Å²) in [4.78, 5) is 0. The highest BCUT2D eigenvalue weighted by Gasteiger charge is 2.04. The molecule has 0 aromatic carbocycles. The van der Waals surface area contributed by atoms with Gasteiger partial charge >= 0.3 is 0 Å². The van der Waals surface area contributed by atoms with Gasteiger partial charge in [-0.1, -0.05) is 0 Å². The molecule has 0 radical (unpaired) electrons. The Bertz CT molecular complexity index is 88.1. The minimum absolute atomic E-state index is 0.0293. The Morgan fingerprint density at radius 3 is 2.50 bits per heavy atom. The first-order chi connectivity index (χ1) is 3.68. The summed E-state index contributed by atoms with van der Waals surface area (Å²) in [6, 6.07) is 0. The molecule has 0 aliphatic rings. The van der Waals surface area contributed by atoms with Gasteiger partial charge in [0.05, 0.1) is 0 Å². The molecule has 0 spiro atoms. The highest BCUT2D eigenvalue weighted by Crippen LogP contribution is 2.02. The van der Waals surface area contributed by atoms with Crippen LogP contribution in [0.4, 0.5) is 0 Å².